The van der Waals surface area contributed by atoms with Crippen LogP contribution in [0.4, 0.5) is 0 Å². The molecule has 25 heavy (non-hydrogen) atoms. The van der Waals surface area contributed by atoms with Crippen molar-refractivity contribution in [1.29, 1.82) is 0 Å². The maximum atomic E-state index is 12.6. The molecule has 0 unspecified atom stereocenters. The number of carbonyl (C=O) groups is 3. The molecule has 0 aliphatic heterocycles. The van der Waals surface area contributed by atoms with Crippen LogP contribution in [0, 0.1) is 11.8 Å². The summed E-state index contributed by atoms with van der Waals surface area (Å²) < 4.78 is 16.0. The SMILES string of the molecule is CCOC(=O)[C@@H]1C(=O)C[C@](C)(O)[C@@H](C(=O)OCC)[C@@H]1c1ccc(Br)o1. The third-order valence-electron chi connectivity index (χ3n) is 4.27. The predicted octanol–water partition coefficient (Wildman–Crippen LogP) is 2.21. The largest absolute Gasteiger partial charge is 0.466 e. The molecule has 0 spiro atoms. The number of Topliss-reactive ketones (excluding diaryl/α,β-unsaturated/α-hetero) is 1. The van der Waals surface area contributed by atoms with E-state index in [-0.39, 0.29) is 25.4 Å². The smallest absolute Gasteiger partial charge is 0.317 e. The summed E-state index contributed by atoms with van der Waals surface area (Å²) in [5.41, 5.74) is -1.67. The van der Waals surface area contributed by atoms with Gasteiger partial charge in [-0.15, -0.1) is 0 Å². The predicted molar refractivity (Wildman–Crippen MR) is 89.6 cm³/mol. The molecule has 1 heterocycles. The van der Waals surface area contributed by atoms with Gasteiger partial charge in [-0.2, -0.15) is 0 Å². The van der Waals surface area contributed by atoms with Crippen LogP contribution < -0.4 is 0 Å². The Morgan fingerprint density at radius 3 is 2.40 bits per heavy atom. The van der Waals surface area contributed by atoms with Gasteiger partial charge in [0.05, 0.1) is 30.7 Å². The summed E-state index contributed by atoms with van der Waals surface area (Å²) in [5, 5.41) is 10.7. The van der Waals surface area contributed by atoms with Gasteiger partial charge in [-0.3, -0.25) is 14.4 Å². The fourth-order valence-corrected chi connectivity index (χ4v) is 3.65. The Morgan fingerprint density at radius 2 is 1.88 bits per heavy atom. The van der Waals surface area contributed by atoms with Crippen molar-refractivity contribution in [3.63, 3.8) is 0 Å². The monoisotopic (exact) mass is 416 g/mol. The van der Waals surface area contributed by atoms with Gasteiger partial charge in [0, 0.05) is 6.42 Å². The number of halogens is 1. The topological polar surface area (TPSA) is 103 Å². The van der Waals surface area contributed by atoms with Gasteiger partial charge in [0.1, 0.15) is 11.7 Å². The highest BCUT2D eigenvalue weighted by atomic mass is 79.9. The second kappa shape index (κ2) is 7.70. The molecule has 1 aromatic heterocycles. The van der Waals surface area contributed by atoms with Gasteiger partial charge in [0.25, 0.3) is 0 Å². The first kappa shape index (κ1) is 19.7. The molecule has 4 atom stereocenters. The Morgan fingerprint density at radius 1 is 1.28 bits per heavy atom. The van der Waals surface area contributed by atoms with Crippen molar-refractivity contribution in [2.75, 3.05) is 13.2 Å². The normalized spacial score (nSPS) is 29.3. The Hall–Kier alpha value is -1.67. The molecule has 8 heteroatoms. The zero-order chi connectivity index (χ0) is 18.8. The number of hydrogen-bond donors (Lipinski definition) is 1. The van der Waals surface area contributed by atoms with E-state index in [1.54, 1.807) is 26.0 Å². The first-order valence-electron chi connectivity index (χ1n) is 8.06. The Bertz CT molecular complexity index is 664. The lowest BCUT2D eigenvalue weighted by Gasteiger charge is -2.42. The number of aliphatic hydroxyl groups is 1. The van der Waals surface area contributed by atoms with Crippen LogP contribution >= 0.6 is 15.9 Å². The van der Waals surface area contributed by atoms with Crippen molar-refractivity contribution in [2.45, 2.75) is 38.7 Å². The summed E-state index contributed by atoms with van der Waals surface area (Å²) in [7, 11) is 0. The lowest BCUT2D eigenvalue weighted by molar-refractivity contribution is -0.173. The van der Waals surface area contributed by atoms with Crippen molar-refractivity contribution in [1.82, 2.24) is 0 Å². The molecule has 0 saturated heterocycles. The average molecular weight is 417 g/mol. The van der Waals surface area contributed by atoms with E-state index in [2.05, 4.69) is 15.9 Å². The second-order valence-corrected chi connectivity index (χ2v) is 6.91. The summed E-state index contributed by atoms with van der Waals surface area (Å²) in [6, 6.07) is 3.15. The van der Waals surface area contributed by atoms with Gasteiger partial charge in [-0.25, -0.2) is 0 Å². The summed E-state index contributed by atoms with van der Waals surface area (Å²) >= 11 is 3.17. The Balaban J connectivity index is 2.56. The highest BCUT2D eigenvalue weighted by molar-refractivity contribution is 9.10. The minimum absolute atomic E-state index is 0.0949. The fraction of sp³-hybridized carbons (Fsp3) is 0.588. The van der Waals surface area contributed by atoms with E-state index >= 15 is 0 Å². The van der Waals surface area contributed by atoms with Gasteiger partial charge in [0.15, 0.2) is 10.5 Å². The van der Waals surface area contributed by atoms with Crippen LogP contribution in [0.5, 0.6) is 0 Å². The molecule has 1 aromatic rings. The first-order valence-corrected chi connectivity index (χ1v) is 8.85. The van der Waals surface area contributed by atoms with E-state index in [1.807, 2.05) is 0 Å². The second-order valence-electron chi connectivity index (χ2n) is 6.13. The Kier molecular flexibility index (Phi) is 6.05. The number of furan rings is 1. The van der Waals surface area contributed by atoms with E-state index in [9.17, 15) is 19.5 Å². The van der Waals surface area contributed by atoms with Crippen LogP contribution in [-0.4, -0.2) is 41.6 Å². The third-order valence-corrected chi connectivity index (χ3v) is 4.70. The van der Waals surface area contributed by atoms with E-state index < -0.39 is 41.1 Å². The number of esters is 2. The summed E-state index contributed by atoms with van der Waals surface area (Å²) in [6.45, 7) is 4.86. The average Bonchev–Trinajstić information content (AvgIpc) is 2.92. The lowest BCUT2D eigenvalue weighted by atomic mass is 9.63. The molecule has 1 aliphatic carbocycles. The van der Waals surface area contributed by atoms with Gasteiger partial charge >= 0.3 is 11.9 Å². The van der Waals surface area contributed by atoms with E-state index in [4.69, 9.17) is 13.9 Å². The lowest BCUT2D eigenvalue weighted by Crippen LogP contribution is -2.55. The van der Waals surface area contributed by atoms with Crippen molar-refractivity contribution in [2.24, 2.45) is 11.8 Å². The number of ketones is 1. The fourth-order valence-electron chi connectivity index (χ4n) is 3.33. The van der Waals surface area contributed by atoms with Crippen LogP contribution in [0.25, 0.3) is 0 Å². The summed E-state index contributed by atoms with van der Waals surface area (Å²) in [4.78, 5) is 37.5. The third kappa shape index (κ3) is 3.95. The van der Waals surface area contributed by atoms with Crippen LogP contribution in [0.2, 0.25) is 0 Å². The minimum atomic E-state index is -1.67. The molecule has 0 amide bonds. The highest BCUT2D eigenvalue weighted by Crippen LogP contribution is 2.47. The molecule has 1 aliphatic rings. The van der Waals surface area contributed by atoms with Crippen LogP contribution in [0.1, 0.15) is 38.9 Å². The van der Waals surface area contributed by atoms with E-state index in [1.165, 1.54) is 6.92 Å². The first-order chi connectivity index (χ1) is 11.7. The van der Waals surface area contributed by atoms with Crippen molar-refractivity contribution in [3.8, 4) is 0 Å². The molecule has 1 saturated carbocycles. The molecular formula is C17H21BrO7. The quantitative estimate of drug-likeness (QED) is 0.579. The molecule has 0 radical (unpaired) electrons. The van der Waals surface area contributed by atoms with Gasteiger partial charge in [-0.1, -0.05) is 0 Å². The zero-order valence-electron chi connectivity index (χ0n) is 14.3. The molecular weight excluding hydrogens is 396 g/mol. The van der Waals surface area contributed by atoms with Crippen molar-refractivity contribution >= 4 is 33.7 Å². The molecule has 1 N–H and O–H groups in total. The van der Waals surface area contributed by atoms with Crippen LogP contribution in [0.3, 0.4) is 0 Å². The van der Waals surface area contributed by atoms with Crippen molar-refractivity contribution in [3.05, 3.63) is 22.6 Å². The van der Waals surface area contributed by atoms with Crippen LogP contribution in [-0.2, 0) is 23.9 Å². The summed E-state index contributed by atoms with van der Waals surface area (Å²) in [5.74, 6) is -5.09. The Labute approximate surface area is 153 Å². The number of hydrogen-bond acceptors (Lipinski definition) is 7. The van der Waals surface area contributed by atoms with Crippen LogP contribution in [0.15, 0.2) is 21.2 Å². The van der Waals surface area contributed by atoms with E-state index in [0.29, 0.717) is 4.67 Å². The molecule has 7 nitrogen and oxygen atoms in total. The standard InChI is InChI=1S/C17H21BrO7/c1-4-23-15(20)12-9(19)8-17(3,22)14(16(21)24-5-2)13(12)10-6-7-11(18)25-10/h6-7,12-14,22H,4-5,8H2,1-3H3/t12-,13-,14-,17+/m1/s1. The van der Waals surface area contributed by atoms with Gasteiger partial charge < -0.3 is 19.0 Å². The molecule has 2 rings (SSSR count). The maximum Gasteiger partial charge on any atom is 0.317 e. The molecule has 1 fully saturated rings. The van der Waals surface area contributed by atoms with Crippen molar-refractivity contribution < 1.29 is 33.4 Å². The zero-order valence-corrected chi connectivity index (χ0v) is 15.9. The maximum absolute atomic E-state index is 12.6. The molecule has 138 valence electrons. The van der Waals surface area contributed by atoms with Gasteiger partial charge in [-0.05, 0) is 48.8 Å². The van der Waals surface area contributed by atoms with Gasteiger partial charge in [0.2, 0.25) is 0 Å². The number of carbonyl (C=O) groups excluding carboxylic acids is 3. The highest BCUT2D eigenvalue weighted by Gasteiger charge is 2.58. The molecule has 0 aromatic carbocycles. The number of ether oxygens (including phenoxy) is 2. The van der Waals surface area contributed by atoms with E-state index in [0.717, 1.165) is 0 Å². The number of rotatable bonds is 5. The molecule has 0 bridgehead atoms. The summed E-state index contributed by atoms with van der Waals surface area (Å²) in [6.07, 6.45) is -0.349. The minimum Gasteiger partial charge on any atom is -0.466 e.